The number of furan rings is 1. The molecule has 5 rings (SSSR count). The molecule has 1 fully saturated rings. The van der Waals surface area contributed by atoms with Gasteiger partial charge in [-0.25, -0.2) is 9.97 Å². The van der Waals surface area contributed by atoms with Crippen LogP contribution in [0.15, 0.2) is 16.5 Å². The first kappa shape index (κ1) is 20.9. The van der Waals surface area contributed by atoms with Crippen LogP contribution in [0, 0.1) is 6.92 Å². The summed E-state index contributed by atoms with van der Waals surface area (Å²) in [7, 11) is 0. The highest BCUT2D eigenvalue weighted by atomic mass is 32.1. The summed E-state index contributed by atoms with van der Waals surface area (Å²) in [5.74, 6) is 3.00. The van der Waals surface area contributed by atoms with Crippen LogP contribution in [-0.2, 0) is 29.7 Å². The van der Waals surface area contributed by atoms with Gasteiger partial charge in [0.25, 0.3) is 0 Å². The molecule has 8 heteroatoms. The van der Waals surface area contributed by atoms with Gasteiger partial charge < -0.3 is 19.6 Å². The molecule has 1 aliphatic heterocycles. The average molecular weight is 443 g/mol. The number of hydrogen-bond donors (Lipinski definition) is 2. The molecule has 3 aromatic rings. The second-order valence-corrected chi connectivity index (χ2v) is 9.89. The Morgan fingerprint density at radius 2 is 2.00 bits per heavy atom. The molecule has 0 amide bonds. The van der Waals surface area contributed by atoms with Crippen LogP contribution in [0.1, 0.15) is 47.6 Å². The standard InChI is InChI=1S/C23H30N4O3S/c1-15-7-8-18(30-15)23(2,28)14-24-21-20-16-5-3-4-6-17(16)31-22(20)26-19(25-21)13-27-9-11-29-12-10-27/h7-8,28H,3-6,9-14H2,1-2H3,(H,24,25,26). The fourth-order valence-electron chi connectivity index (χ4n) is 4.43. The number of ether oxygens (including phenoxy) is 1. The number of aliphatic hydroxyl groups is 1. The quantitative estimate of drug-likeness (QED) is 0.603. The zero-order chi connectivity index (χ0) is 21.4. The minimum Gasteiger partial charge on any atom is -0.463 e. The minimum atomic E-state index is -1.13. The molecule has 2 aliphatic rings. The Bertz CT molecular complexity index is 1070. The number of aromatic nitrogens is 2. The van der Waals surface area contributed by atoms with E-state index in [1.165, 1.54) is 23.3 Å². The molecule has 31 heavy (non-hydrogen) atoms. The van der Waals surface area contributed by atoms with Gasteiger partial charge in [0.2, 0.25) is 0 Å². The normalized spacial score (nSPS) is 19.3. The number of nitrogens with zero attached hydrogens (tertiary/aromatic N) is 3. The van der Waals surface area contributed by atoms with Crippen molar-refractivity contribution in [2.75, 3.05) is 38.2 Å². The number of nitrogens with one attached hydrogen (secondary N) is 1. The van der Waals surface area contributed by atoms with Gasteiger partial charge in [-0.05, 0) is 57.2 Å². The van der Waals surface area contributed by atoms with Crippen LogP contribution in [0.25, 0.3) is 10.2 Å². The fraction of sp³-hybridized carbons (Fsp3) is 0.565. The Morgan fingerprint density at radius 3 is 2.77 bits per heavy atom. The zero-order valence-electron chi connectivity index (χ0n) is 18.2. The van der Waals surface area contributed by atoms with Crippen molar-refractivity contribution >= 4 is 27.4 Å². The highest BCUT2D eigenvalue weighted by Crippen LogP contribution is 2.39. The third-order valence-electron chi connectivity index (χ3n) is 6.20. The molecule has 1 saturated heterocycles. The topological polar surface area (TPSA) is 83.7 Å². The average Bonchev–Trinajstić information content (AvgIpc) is 3.37. The van der Waals surface area contributed by atoms with Gasteiger partial charge in [0.05, 0.1) is 31.7 Å². The predicted octanol–water partition coefficient (Wildman–Crippen LogP) is 3.62. The molecule has 4 heterocycles. The van der Waals surface area contributed by atoms with Crippen molar-refractivity contribution in [3.8, 4) is 0 Å². The third-order valence-corrected chi connectivity index (χ3v) is 7.39. The van der Waals surface area contributed by atoms with Gasteiger partial charge >= 0.3 is 0 Å². The monoisotopic (exact) mass is 442 g/mol. The first-order valence-electron chi connectivity index (χ1n) is 11.1. The number of thiophene rings is 1. The van der Waals surface area contributed by atoms with Gasteiger partial charge in [-0.15, -0.1) is 11.3 Å². The lowest BCUT2D eigenvalue weighted by atomic mass is 9.97. The zero-order valence-corrected chi connectivity index (χ0v) is 19.1. The summed E-state index contributed by atoms with van der Waals surface area (Å²) >= 11 is 1.81. The van der Waals surface area contributed by atoms with E-state index in [9.17, 15) is 5.11 Å². The lowest BCUT2D eigenvalue weighted by molar-refractivity contribution is 0.0331. The van der Waals surface area contributed by atoms with Crippen molar-refractivity contribution in [1.82, 2.24) is 14.9 Å². The first-order chi connectivity index (χ1) is 15.0. The number of hydrogen-bond acceptors (Lipinski definition) is 8. The van der Waals surface area contributed by atoms with Crippen LogP contribution in [0.5, 0.6) is 0 Å². The molecule has 3 aromatic heterocycles. The van der Waals surface area contributed by atoms with Crippen LogP contribution in [-0.4, -0.2) is 52.8 Å². The summed E-state index contributed by atoms with van der Waals surface area (Å²) in [4.78, 5) is 14.7. The number of anilines is 1. The summed E-state index contributed by atoms with van der Waals surface area (Å²) < 4.78 is 11.2. The molecule has 0 spiro atoms. The van der Waals surface area contributed by atoms with Gasteiger partial charge in [0.15, 0.2) is 0 Å². The molecular formula is C23H30N4O3S. The van der Waals surface area contributed by atoms with Gasteiger partial charge in [-0.3, -0.25) is 4.90 Å². The number of aryl methyl sites for hydroxylation is 3. The molecule has 1 unspecified atom stereocenters. The molecule has 0 radical (unpaired) electrons. The van der Waals surface area contributed by atoms with Crippen LogP contribution < -0.4 is 5.32 Å². The Morgan fingerprint density at radius 1 is 1.19 bits per heavy atom. The van der Waals surface area contributed by atoms with E-state index in [1.54, 1.807) is 6.92 Å². The molecule has 166 valence electrons. The maximum Gasteiger partial charge on any atom is 0.146 e. The molecule has 7 nitrogen and oxygen atoms in total. The summed E-state index contributed by atoms with van der Waals surface area (Å²) in [5.41, 5.74) is 0.256. The van der Waals surface area contributed by atoms with E-state index in [4.69, 9.17) is 19.1 Å². The first-order valence-corrected chi connectivity index (χ1v) is 12.0. The smallest absolute Gasteiger partial charge is 0.146 e. The highest BCUT2D eigenvalue weighted by Gasteiger charge is 2.28. The van der Waals surface area contributed by atoms with Gasteiger partial charge in [-0.1, -0.05) is 0 Å². The van der Waals surface area contributed by atoms with E-state index >= 15 is 0 Å². The van der Waals surface area contributed by atoms with E-state index in [0.29, 0.717) is 18.8 Å². The Hall–Kier alpha value is -2.00. The molecule has 2 N–H and O–H groups in total. The molecule has 1 atom stereocenters. The lowest BCUT2D eigenvalue weighted by Crippen LogP contribution is -2.36. The summed E-state index contributed by atoms with van der Waals surface area (Å²) in [5, 5.41) is 15.6. The Balaban J connectivity index is 1.47. The maximum absolute atomic E-state index is 11.0. The third kappa shape index (κ3) is 4.35. The van der Waals surface area contributed by atoms with Gasteiger partial charge in [-0.2, -0.15) is 0 Å². The largest absolute Gasteiger partial charge is 0.463 e. The van der Waals surface area contributed by atoms with Crippen molar-refractivity contribution in [2.24, 2.45) is 0 Å². The Kier molecular flexibility index (Phi) is 5.73. The van der Waals surface area contributed by atoms with E-state index in [1.807, 2.05) is 30.4 Å². The van der Waals surface area contributed by atoms with Crippen LogP contribution in [0.2, 0.25) is 0 Å². The number of morpholine rings is 1. The van der Waals surface area contributed by atoms with Crippen LogP contribution in [0.4, 0.5) is 5.82 Å². The van der Waals surface area contributed by atoms with E-state index in [0.717, 1.165) is 66.8 Å². The lowest BCUT2D eigenvalue weighted by Gasteiger charge is -2.26. The van der Waals surface area contributed by atoms with Gasteiger partial charge in [0, 0.05) is 18.0 Å². The minimum absolute atomic E-state index is 0.313. The predicted molar refractivity (Wildman–Crippen MR) is 122 cm³/mol. The molecule has 0 bridgehead atoms. The highest BCUT2D eigenvalue weighted by molar-refractivity contribution is 7.19. The van der Waals surface area contributed by atoms with Crippen molar-refractivity contribution < 1.29 is 14.3 Å². The van der Waals surface area contributed by atoms with Crippen molar-refractivity contribution in [2.45, 2.75) is 51.7 Å². The second kappa shape index (κ2) is 8.50. The molecular weight excluding hydrogens is 412 g/mol. The summed E-state index contributed by atoms with van der Waals surface area (Å²) in [6.07, 6.45) is 4.64. The summed E-state index contributed by atoms with van der Waals surface area (Å²) in [6.45, 7) is 8.00. The number of rotatable bonds is 6. The summed E-state index contributed by atoms with van der Waals surface area (Å²) in [6, 6.07) is 3.71. The van der Waals surface area contributed by atoms with Crippen molar-refractivity contribution in [3.05, 3.63) is 39.9 Å². The van der Waals surface area contributed by atoms with E-state index < -0.39 is 5.60 Å². The van der Waals surface area contributed by atoms with Gasteiger partial charge in [0.1, 0.15) is 33.6 Å². The van der Waals surface area contributed by atoms with E-state index in [-0.39, 0.29) is 0 Å². The molecule has 1 aliphatic carbocycles. The maximum atomic E-state index is 11.0. The fourth-order valence-corrected chi connectivity index (χ4v) is 5.71. The molecule has 0 aromatic carbocycles. The SMILES string of the molecule is Cc1ccc(C(C)(O)CNc2nc(CN3CCOCC3)nc3sc4c(c23)CCCC4)o1. The molecule has 0 saturated carbocycles. The van der Waals surface area contributed by atoms with E-state index in [2.05, 4.69) is 10.2 Å². The number of fused-ring (bicyclic) bond motifs is 3. The second-order valence-electron chi connectivity index (χ2n) is 8.81. The van der Waals surface area contributed by atoms with Crippen molar-refractivity contribution in [3.63, 3.8) is 0 Å². The van der Waals surface area contributed by atoms with Crippen LogP contribution in [0.3, 0.4) is 0 Å². The van der Waals surface area contributed by atoms with Crippen LogP contribution >= 0.6 is 11.3 Å². The van der Waals surface area contributed by atoms with Crippen molar-refractivity contribution in [1.29, 1.82) is 0 Å². The Labute approximate surface area is 186 Å².